The van der Waals surface area contributed by atoms with Crippen molar-refractivity contribution in [3.63, 3.8) is 0 Å². The normalized spacial score (nSPS) is 20.0. The summed E-state index contributed by atoms with van der Waals surface area (Å²) in [5, 5.41) is 3.34. The number of rotatable bonds is 5. The Balaban J connectivity index is 1.71. The third kappa shape index (κ3) is 3.75. The van der Waals surface area contributed by atoms with Crippen LogP contribution in [0.2, 0.25) is 0 Å². The third-order valence-electron chi connectivity index (χ3n) is 3.38. The number of nitrogens with one attached hydrogen (secondary N) is 1. The molecule has 1 fully saturated rings. The molecule has 2 nitrogen and oxygen atoms in total. The van der Waals surface area contributed by atoms with E-state index in [1.54, 1.807) is 0 Å². The van der Waals surface area contributed by atoms with Gasteiger partial charge in [-0.2, -0.15) is 0 Å². The number of hydrogen-bond donors (Lipinski definition) is 1. The molecule has 18 heavy (non-hydrogen) atoms. The number of benzene rings is 1. The van der Waals surface area contributed by atoms with Gasteiger partial charge in [0.25, 0.3) is 0 Å². The van der Waals surface area contributed by atoms with Gasteiger partial charge in [0.15, 0.2) is 0 Å². The molecule has 1 saturated heterocycles. The predicted molar refractivity (Wildman–Crippen MR) is 66.2 cm³/mol. The summed E-state index contributed by atoms with van der Waals surface area (Å²) in [4.78, 5) is 0. The monoisotopic (exact) mass is 255 g/mol. The zero-order chi connectivity index (χ0) is 12.8. The largest absolute Gasteiger partial charge is 0.377 e. The van der Waals surface area contributed by atoms with E-state index < -0.39 is 11.6 Å². The highest BCUT2D eigenvalue weighted by atomic mass is 19.1. The van der Waals surface area contributed by atoms with Crippen LogP contribution in [-0.4, -0.2) is 19.7 Å². The summed E-state index contributed by atoms with van der Waals surface area (Å²) in [7, 11) is 0. The minimum Gasteiger partial charge on any atom is -0.377 e. The Bertz CT molecular complexity index is 358. The van der Waals surface area contributed by atoms with Crippen LogP contribution in [0.15, 0.2) is 18.2 Å². The van der Waals surface area contributed by atoms with E-state index in [-0.39, 0.29) is 12.2 Å². The lowest BCUT2D eigenvalue weighted by molar-refractivity contribution is 0.0991. The summed E-state index contributed by atoms with van der Waals surface area (Å²) in [5.41, 5.74) is 0.0271. The molecule has 0 bridgehead atoms. The number of halogens is 2. The molecule has 0 aromatic heterocycles. The average Bonchev–Trinajstić information content (AvgIpc) is 2.38. The molecule has 1 aliphatic rings. The molecule has 1 N–H and O–H groups in total. The summed E-state index contributed by atoms with van der Waals surface area (Å²) in [6, 6.07) is 3.88. The molecule has 0 unspecified atom stereocenters. The topological polar surface area (TPSA) is 21.3 Å². The highest BCUT2D eigenvalue weighted by Crippen LogP contribution is 2.16. The Morgan fingerprint density at radius 1 is 1.28 bits per heavy atom. The van der Waals surface area contributed by atoms with Crippen molar-refractivity contribution in [2.75, 3.05) is 19.7 Å². The molecule has 1 aliphatic heterocycles. The van der Waals surface area contributed by atoms with Crippen LogP contribution in [0.3, 0.4) is 0 Å². The maximum absolute atomic E-state index is 13.3. The summed E-state index contributed by atoms with van der Waals surface area (Å²) in [5.74, 6) is -0.437. The molecular formula is C14H19F2NO. The van der Waals surface area contributed by atoms with Crippen molar-refractivity contribution in [1.82, 2.24) is 5.32 Å². The van der Waals surface area contributed by atoms with Crippen LogP contribution < -0.4 is 5.32 Å². The van der Waals surface area contributed by atoms with Crippen molar-refractivity contribution in [3.05, 3.63) is 35.4 Å². The molecule has 0 spiro atoms. The Morgan fingerprint density at radius 2 is 2.06 bits per heavy atom. The third-order valence-corrected chi connectivity index (χ3v) is 3.38. The standard InChI is InChI=1S/C14H19F2NO/c15-13-4-1-5-14(16)12(13)10-18-8-6-11-3-2-7-17-9-11/h1,4-5,11,17H,2-3,6-10H2/t11-/m1/s1. The number of piperidine rings is 1. The lowest BCUT2D eigenvalue weighted by Crippen LogP contribution is -2.30. The van der Waals surface area contributed by atoms with Crippen molar-refractivity contribution >= 4 is 0 Å². The molecule has 1 atom stereocenters. The van der Waals surface area contributed by atoms with Gasteiger partial charge in [0, 0.05) is 12.2 Å². The second-order valence-corrected chi connectivity index (χ2v) is 4.75. The Labute approximate surface area is 106 Å². The first kappa shape index (κ1) is 13.4. The summed E-state index contributed by atoms with van der Waals surface area (Å²) in [6.45, 7) is 2.69. The minimum absolute atomic E-state index is 0.0126. The van der Waals surface area contributed by atoms with Crippen molar-refractivity contribution in [3.8, 4) is 0 Å². The smallest absolute Gasteiger partial charge is 0.131 e. The van der Waals surface area contributed by atoms with Gasteiger partial charge in [-0.15, -0.1) is 0 Å². The van der Waals surface area contributed by atoms with Gasteiger partial charge in [-0.1, -0.05) is 6.07 Å². The minimum atomic E-state index is -0.533. The van der Waals surface area contributed by atoms with Crippen molar-refractivity contribution in [1.29, 1.82) is 0 Å². The first-order valence-corrected chi connectivity index (χ1v) is 6.48. The SMILES string of the molecule is Fc1cccc(F)c1COCC[C@H]1CCCNC1. The highest BCUT2D eigenvalue weighted by Gasteiger charge is 2.13. The zero-order valence-corrected chi connectivity index (χ0v) is 10.4. The lowest BCUT2D eigenvalue weighted by atomic mass is 9.97. The number of ether oxygens (including phenoxy) is 1. The van der Waals surface area contributed by atoms with Gasteiger partial charge in [-0.3, -0.25) is 0 Å². The van der Waals surface area contributed by atoms with Gasteiger partial charge in [0.1, 0.15) is 11.6 Å². The van der Waals surface area contributed by atoms with Gasteiger partial charge in [0.2, 0.25) is 0 Å². The maximum Gasteiger partial charge on any atom is 0.131 e. The fourth-order valence-electron chi connectivity index (χ4n) is 2.26. The van der Waals surface area contributed by atoms with Crippen LogP contribution in [0.25, 0.3) is 0 Å². The molecule has 1 heterocycles. The maximum atomic E-state index is 13.3. The first-order valence-electron chi connectivity index (χ1n) is 6.48. The summed E-state index contributed by atoms with van der Waals surface area (Å²) < 4.78 is 32.0. The average molecular weight is 255 g/mol. The summed E-state index contributed by atoms with van der Waals surface area (Å²) in [6.07, 6.45) is 3.36. The molecule has 100 valence electrons. The molecule has 0 saturated carbocycles. The molecule has 0 amide bonds. The molecule has 1 aromatic carbocycles. The summed E-state index contributed by atoms with van der Waals surface area (Å²) >= 11 is 0. The quantitative estimate of drug-likeness (QED) is 0.817. The zero-order valence-electron chi connectivity index (χ0n) is 10.4. The van der Waals surface area contributed by atoms with Gasteiger partial charge >= 0.3 is 0 Å². The van der Waals surface area contributed by atoms with Crippen LogP contribution in [0, 0.1) is 17.6 Å². The predicted octanol–water partition coefficient (Wildman–Crippen LogP) is 2.87. The van der Waals surface area contributed by atoms with E-state index in [0.29, 0.717) is 12.5 Å². The lowest BCUT2D eigenvalue weighted by Gasteiger charge is -2.22. The van der Waals surface area contributed by atoms with Crippen LogP contribution in [0.1, 0.15) is 24.8 Å². The van der Waals surface area contributed by atoms with E-state index in [1.165, 1.54) is 31.0 Å². The van der Waals surface area contributed by atoms with E-state index in [4.69, 9.17) is 4.74 Å². The van der Waals surface area contributed by atoms with Gasteiger partial charge < -0.3 is 10.1 Å². The number of hydrogen-bond acceptors (Lipinski definition) is 2. The van der Waals surface area contributed by atoms with Crippen molar-refractivity contribution in [2.45, 2.75) is 25.9 Å². The van der Waals surface area contributed by atoms with Crippen molar-refractivity contribution in [2.24, 2.45) is 5.92 Å². The molecule has 0 aliphatic carbocycles. The highest BCUT2D eigenvalue weighted by molar-refractivity contribution is 5.18. The van der Waals surface area contributed by atoms with Gasteiger partial charge in [0.05, 0.1) is 6.61 Å². The first-order chi connectivity index (χ1) is 8.77. The van der Waals surface area contributed by atoms with E-state index in [0.717, 1.165) is 19.5 Å². The van der Waals surface area contributed by atoms with Gasteiger partial charge in [-0.25, -0.2) is 8.78 Å². The van der Waals surface area contributed by atoms with Crippen LogP contribution in [0.4, 0.5) is 8.78 Å². The Hall–Kier alpha value is -1.00. The van der Waals surface area contributed by atoms with E-state index in [1.807, 2.05) is 0 Å². The van der Waals surface area contributed by atoms with E-state index in [2.05, 4.69) is 5.32 Å². The van der Waals surface area contributed by atoms with Crippen molar-refractivity contribution < 1.29 is 13.5 Å². The fraction of sp³-hybridized carbons (Fsp3) is 0.571. The van der Waals surface area contributed by atoms with Crippen LogP contribution in [-0.2, 0) is 11.3 Å². The van der Waals surface area contributed by atoms with Crippen LogP contribution >= 0.6 is 0 Å². The fourth-order valence-corrected chi connectivity index (χ4v) is 2.26. The Kier molecular flexibility index (Phi) is 5.08. The molecular weight excluding hydrogens is 236 g/mol. The van der Waals surface area contributed by atoms with Crippen LogP contribution in [0.5, 0.6) is 0 Å². The van der Waals surface area contributed by atoms with E-state index >= 15 is 0 Å². The second-order valence-electron chi connectivity index (χ2n) is 4.75. The molecule has 0 radical (unpaired) electrons. The molecule has 4 heteroatoms. The molecule has 1 aromatic rings. The second kappa shape index (κ2) is 6.81. The van der Waals surface area contributed by atoms with E-state index in [9.17, 15) is 8.78 Å². The van der Waals surface area contributed by atoms with Gasteiger partial charge in [-0.05, 0) is 50.4 Å². The molecule has 2 rings (SSSR count). The Morgan fingerprint density at radius 3 is 2.72 bits per heavy atom.